The van der Waals surface area contributed by atoms with Crippen LogP contribution in [-0.4, -0.2) is 33.9 Å². The Bertz CT molecular complexity index is 1580. The third kappa shape index (κ3) is 3.96. The van der Waals surface area contributed by atoms with Crippen molar-refractivity contribution < 1.29 is 22.0 Å². The molecule has 136 valence electrons. The summed E-state index contributed by atoms with van der Waals surface area (Å²) < 4.78 is 137. The molecule has 1 aliphatic heterocycles. The summed E-state index contributed by atoms with van der Waals surface area (Å²) >= 11 is 12.7. The highest BCUT2D eigenvalue weighted by atomic mass is 35.5. The fraction of sp³-hybridized carbons (Fsp3) is 0.368. The van der Waals surface area contributed by atoms with Gasteiger partial charge in [0.25, 0.3) is 0 Å². The molecule has 0 saturated carbocycles. The van der Waals surface area contributed by atoms with E-state index >= 15 is 0 Å². The van der Waals surface area contributed by atoms with Gasteiger partial charge >= 0.3 is 0 Å². The van der Waals surface area contributed by atoms with Crippen LogP contribution in [0.3, 0.4) is 0 Å². The van der Waals surface area contributed by atoms with Gasteiger partial charge in [0.1, 0.15) is 18.3 Å². The number of halogens is 2. The van der Waals surface area contributed by atoms with Crippen LogP contribution < -0.4 is 5.31 Å². The van der Waals surface area contributed by atoms with Gasteiger partial charge in [0.2, 0.25) is 0 Å². The number of fused-ring (bicyclic) bond motifs is 1. The summed E-state index contributed by atoms with van der Waals surface area (Å²) in [4.78, 5) is 6.79. The van der Waals surface area contributed by atoms with E-state index in [1.54, 1.807) is 0 Å². The van der Waals surface area contributed by atoms with Gasteiger partial charge in [-0.05, 0) is 42.9 Å². The number of rotatable bonds is 4. The zero-order valence-electron chi connectivity index (χ0n) is 29.0. The molecule has 1 saturated heterocycles. The zero-order valence-corrected chi connectivity index (χ0v) is 15.4. The molecule has 1 N–H and O–H groups in total. The van der Waals surface area contributed by atoms with Crippen LogP contribution >= 0.6 is 34.5 Å². The van der Waals surface area contributed by atoms with Gasteiger partial charge in [-0.2, -0.15) is 0 Å². The first-order chi connectivity index (χ1) is 18.8. The van der Waals surface area contributed by atoms with Gasteiger partial charge in [-0.1, -0.05) is 35.3 Å². The van der Waals surface area contributed by atoms with Crippen molar-refractivity contribution in [2.45, 2.75) is 32.2 Å². The van der Waals surface area contributed by atoms with Gasteiger partial charge in [-0.25, -0.2) is 9.97 Å². The Labute approximate surface area is 189 Å². The van der Waals surface area contributed by atoms with Gasteiger partial charge in [-0.3, -0.25) is 4.90 Å². The molecule has 0 radical (unpaired) electrons. The molecule has 1 aromatic carbocycles. The Morgan fingerprint density at radius 1 is 1.46 bits per heavy atom. The number of likely N-dealkylation sites (tertiary alicyclic amines) is 1. The molecule has 26 heavy (non-hydrogen) atoms. The summed E-state index contributed by atoms with van der Waals surface area (Å²) in [7, 11) is 0. The molecule has 0 spiro atoms. The van der Waals surface area contributed by atoms with Crippen molar-refractivity contribution in [2.24, 2.45) is 0 Å². The second kappa shape index (κ2) is 7.69. The average molecular weight is 423 g/mol. The van der Waals surface area contributed by atoms with E-state index in [-0.39, 0.29) is 25.1 Å². The van der Waals surface area contributed by atoms with Crippen LogP contribution in [0.15, 0.2) is 30.5 Å². The van der Waals surface area contributed by atoms with Crippen LogP contribution in [0.4, 0.5) is 5.82 Å². The number of benzene rings is 1. The normalized spacial score (nSPS) is 34.7. The summed E-state index contributed by atoms with van der Waals surface area (Å²) in [5.41, 5.74) is -0.815. The molecule has 4 rings (SSSR count). The van der Waals surface area contributed by atoms with Crippen molar-refractivity contribution >= 4 is 50.6 Å². The van der Waals surface area contributed by atoms with Gasteiger partial charge in [0.15, 0.2) is 1.41 Å². The van der Waals surface area contributed by atoms with Crippen LogP contribution in [0.5, 0.6) is 0 Å². The minimum atomic E-state index is -4.02. The third-order valence-electron chi connectivity index (χ3n) is 3.18. The van der Waals surface area contributed by atoms with E-state index in [0.717, 1.165) is 6.07 Å². The monoisotopic (exact) mass is 422 g/mol. The molecule has 3 heterocycles. The van der Waals surface area contributed by atoms with Gasteiger partial charge in [-0.15, -0.1) is 11.3 Å². The van der Waals surface area contributed by atoms with Crippen molar-refractivity contribution in [3.63, 3.8) is 0 Å². The topological polar surface area (TPSA) is 41.1 Å². The number of piperidine rings is 1. The number of aryl methyl sites for hydroxylation is 1. The molecule has 7 heteroatoms. The molecule has 0 bridgehead atoms. The molecule has 3 aromatic rings. The van der Waals surface area contributed by atoms with Gasteiger partial charge in [0, 0.05) is 44.2 Å². The molecule has 0 atom stereocenters. The highest BCUT2D eigenvalue weighted by Crippen LogP contribution is 2.32. The lowest BCUT2D eigenvalue weighted by molar-refractivity contribution is 0.211. The van der Waals surface area contributed by atoms with Crippen molar-refractivity contribution in [1.29, 1.82) is 0 Å². The van der Waals surface area contributed by atoms with E-state index in [4.69, 9.17) is 45.2 Å². The lowest BCUT2D eigenvalue weighted by atomic mass is 10.0. The minimum Gasteiger partial charge on any atom is -0.367 e. The molecule has 4 nitrogen and oxygen atoms in total. The smallest absolute Gasteiger partial charge is 0.162 e. The highest BCUT2D eigenvalue weighted by Gasteiger charge is 2.20. The molecule has 1 aliphatic rings. The van der Waals surface area contributed by atoms with Gasteiger partial charge < -0.3 is 5.31 Å². The van der Waals surface area contributed by atoms with E-state index < -0.39 is 84.4 Å². The first kappa shape index (κ1) is 7.21. The quantitative estimate of drug-likeness (QED) is 0.612. The van der Waals surface area contributed by atoms with E-state index in [2.05, 4.69) is 9.97 Å². The van der Waals surface area contributed by atoms with E-state index in [1.807, 2.05) is 0 Å². The van der Waals surface area contributed by atoms with Crippen LogP contribution in [0.2, 0.25) is 10.8 Å². The van der Waals surface area contributed by atoms with E-state index in [9.17, 15) is 0 Å². The van der Waals surface area contributed by atoms with Crippen molar-refractivity contribution in [3.05, 3.63) is 51.0 Å². The maximum absolute atomic E-state index is 9.00. The van der Waals surface area contributed by atoms with Crippen molar-refractivity contribution in [1.82, 2.24) is 14.9 Å². The maximum atomic E-state index is 9.00. The number of hydrogen-bond donors (Lipinski definition) is 1. The number of thiophene rings is 1. The molecular formula is C19H20Cl2N4S. The Hall–Kier alpha value is -1.40. The average Bonchev–Trinajstić information content (AvgIpc) is 3.11. The number of nitrogens with zero attached hydrogens (tertiary/aromatic N) is 3. The summed E-state index contributed by atoms with van der Waals surface area (Å²) in [6.07, 6.45) is -8.85. The van der Waals surface area contributed by atoms with Crippen molar-refractivity contribution in [3.8, 4) is 0 Å². The van der Waals surface area contributed by atoms with E-state index in [1.165, 1.54) is 6.92 Å². The standard InChI is InChI=1S/C19H20Cl2N4S/c1-12-2-3-13(8-16(12)20)10-25-6-4-14(5-7-25)24-18-15-9-17(21)26-19(15)23-11-22-18/h2-3,8-9,11,14H,4-7,10H2,1H3,(H,22,23,24)/i3D,4D2,5D2,6D2,7D2,8D,9D,10D2,11D,14D/hD. The number of nitrogens with one attached hydrogen (secondary N) is 1. The fourth-order valence-corrected chi connectivity index (χ4v) is 3.07. The van der Waals surface area contributed by atoms with Gasteiger partial charge in [0.05, 0.1) is 15.2 Å². The first-order valence-electron chi connectivity index (χ1n) is 15.1. The lowest BCUT2D eigenvalue weighted by Crippen LogP contribution is -2.38. The summed E-state index contributed by atoms with van der Waals surface area (Å²) in [5.74, 6) is -0.906. The third-order valence-corrected chi connectivity index (χ3v) is 4.67. The molecule has 0 unspecified atom stereocenters. The number of aromatic nitrogens is 2. The molecule has 2 aromatic heterocycles. The predicted molar refractivity (Wildman–Crippen MR) is 111 cm³/mol. The summed E-state index contributed by atoms with van der Waals surface area (Å²) in [5, 5.41) is -1.05. The van der Waals surface area contributed by atoms with Crippen LogP contribution in [0.25, 0.3) is 10.2 Å². The predicted octanol–water partition coefficient (Wildman–Crippen LogP) is 5.38. The summed E-state index contributed by atoms with van der Waals surface area (Å²) in [6.45, 7) is -10.2. The largest absolute Gasteiger partial charge is 0.367 e. The Morgan fingerprint density at radius 3 is 3.08 bits per heavy atom. The molecule has 0 aliphatic carbocycles. The Morgan fingerprint density at radius 2 is 2.27 bits per heavy atom. The number of hydrogen-bond acceptors (Lipinski definition) is 5. The minimum absolute atomic E-state index is 0.163. The van der Waals surface area contributed by atoms with Crippen LogP contribution in [-0.2, 0) is 6.50 Å². The maximum Gasteiger partial charge on any atom is 0.162 e. The van der Waals surface area contributed by atoms with Crippen molar-refractivity contribution in [2.75, 3.05) is 18.3 Å². The SMILES string of the molecule is [2H]c1nc(N([2H])C2([2H])C([2H])([2H])C([2H])([2H])N(C([2H])([2H])c3c([2H])cc(C)c(Cl)c3[2H])C([2H])([2H])C2([2H])[2H])c2c([2H])c(Cl)sc2n1. The highest BCUT2D eigenvalue weighted by molar-refractivity contribution is 7.22. The second-order valence-electron chi connectivity index (χ2n) is 5.00. The second-order valence-corrected chi connectivity index (χ2v) is 6.97. The molecular weight excluding hydrogens is 387 g/mol. The lowest BCUT2D eigenvalue weighted by Gasteiger charge is -2.32. The zero-order chi connectivity index (χ0) is 32.3. The van der Waals surface area contributed by atoms with E-state index in [0.29, 0.717) is 11.3 Å². The van der Waals surface area contributed by atoms with Crippen LogP contribution in [0.1, 0.15) is 44.4 Å². The Kier molecular flexibility index (Phi) is 2.13. The summed E-state index contributed by atoms with van der Waals surface area (Å²) in [6, 6.07) is -5.00. The molecule has 1 fully saturated rings. The van der Waals surface area contributed by atoms with Crippen LogP contribution in [0, 0.1) is 6.92 Å². The first-order valence-corrected chi connectivity index (χ1v) is 8.70. The number of anilines is 1. The Balaban J connectivity index is 2.04. The molecule has 0 amide bonds. The fourth-order valence-electron chi connectivity index (χ4n) is 1.95.